The molecule has 7 heteroatoms. The van der Waals surface area contributed by atoms with Gasteiger partial charge in [-0.15, -0.1) is 0 Å². The highest BCUT2D eigenvalue weighted by molar-refractivity contribution is 5.43. The molecule has 2 heterocycles. The van der Waals surface area contributed by atoms with E-state index in [4.69, 9.17) is 9.47 Å². The molecule has 2 aliphatic rings. The van der Waals surface area contributed by atoms with Gasteiger partial charge in [0.2, 0.25) is 0 Å². The number of nitrogens with zero attached hydrogens (tertiary/aromatic N) is 3. The van der Waals surface area contributed by atoms with E-state index < -0.39 is 6.10 Å². The smallest absolute Gasteiger partial charge is 0.161 e. The number of rotatable bonds is 12. The molecule has 1 atom stereocenters. The maximum absolute atomic E-state index is 10.5. The van der Waals surface area contributed by atoms with Crippen LogP contribution in [0.15, 0.2) is 18.2 Å². The summed E-state index contributed by atoms with van der Waals surface area (Å²) in [6.45, 7) is 15.1. The molecule has 2 saturated heterocycles. The van der Waals surface area contributed by atoms with E-state index in [0.29, 0.717) is 18.3 Å². The van der Waals surface area contributed by atoms with Gasteiger partial charge in [-0.05, 0) is 63.1 Å². The second-order valence-electron chi connectivity index (χ2n) is 9.18. The van der Waals surface area contributed by atoms with E-state index in [-0.39, 0.29) is 6.61 Å². The summed E-state index contributed by atoms with van der Waals surface area (Å²) < 4.78 is 11.5. The number of aliphatic hydroxyl groups excluding tert-OH is 1. The minimum absolute atomic E-state index is 0.276. The van der Waals surface area contributed by atoms with Crippen molar-refractivity contribution >= 4 is 0 Å². The number of likely N-dealkylation sites (N-methyl/N-ethyl adjacent to an activating group) is 1. The van der Waals surface area contributed by atoms with Crippen molar-refractivity contribution in [2.75, 3.05) is 72.6 Å². The summed E-state index contributed by atoms with van der Waals surface area (Å²) >= 11 is 0. The highest BCUT2D eigenvalue weighted by Gasteiger charge is 2.20. The maximum Gasteiger partial charge on any atom is 0.161 e. The average Bonchev–Trinajstić information content (AvgIpc) is 2.83. The number of hydrogen-bond acceptors (Lipinski definition) is 7. The second kappa shape index (κ2) is 13.4. The monoisotopic (exact) mass is 448 g/mol. The Balaban J connectivity index is 1.41. The van der Waals surface area contributed by atoms with Crippen molar-refractivity contribution in [3.63, 3.8) is 0 Å². The fraction of sp³-hybridized carbons (Fsp3) is 0.760. The molecule has 1 unspecified atom stereocenters. The molecule has 0 saturated carbocycles. The van der Waals surface area contributed by atoms with Crippen molar-refractivity contribution in [2.24, 2.45) is 0 Å². The lowest BCUT2D eigenvalue weighted by molar-refractivity contribution is 0.0464. The molecule has 0 bridgehead atoms. The Hall–Kier alpha value is -1.38. The van der Waals surface area contributed by atoms with Crippen LogP contribution in [-0.4, -0.2) is 105 Å². The highest BCUT2D eigenvalue weighted by Crippen LogP contribution is 2.28. The van der Waals surface area contributed by atoms with Gasteiger partial charge in [-0.3, -0.25) is 4.90 Å². The van der Waals surface area contributed by atoms with Crippen molar-refractivity contribution in [1.29, 1.82) is 0 Å². The minimum atomic E-state index is -0.507. The molecule has 2 aliphatic heterocycles. The van der Waals surface area contributed by atoms with E-state index in [1.807, 2.05) is 12.1 Å². The zero-order valence-electron chi connectivity index (χ0n) is 20.4. The molecule has 1 aromatic carbocycles. The minimum Gasteiger partial charge on any atom is -0.493 e. The zero-order valence-corrected chi connectivity index (χ0v) is 20.4. The van der Waals surface area contributed by atoms with Crippen molar-refractivity contribution < 1.29 is 14.6 Å². The first-order valence-electron chi connectivity index (χ1n) is 12.5. The zero-order chi connectivity index (χ0) is 22.8. The number of likely N-dealkylation sites (tertiary alicyclic amines) is 1. The predicted molar refractivity (Wildman–Crippen MR) is 130 cm³/mol. The Morgan fingerprint density at radius 1 is 1.00 bits per heavy atom. The third kappa shape index (κ3) is 7.89. The normalized spacial score (nSPS) is 20.4. The first kappa shape index (κ1) is 25.2. The van der Waals surface area contributed by atoms with Crippen molar-refractivity contribution in [3.05, 3.63) is 23.8 Å². The Kier molecular flexibility index (Phi) is 10.5. The van der Waals surface area contributed by atoms with Gasteiger partial charge in [0.25, 0.3) is 0 Å². The molecular weight excluding hydrogens is 404 g/mol. The van der Waals surface area contributed by atoms with Gasteiger partial charge in [0, 0.05) is 45.3 Å². The molecule has 182 valence electrons. The first-order chi connectivity index (χ1) is 15.6. The van der Waals surface area contributed by atoms with E-state index in [1.54, 1.807) is 7.11 Å². The van der Waals surface area contributed by atoms with Crippen molar-refractivity contribution in [1.82, 2.24) is 20.0 Å². The summed E-state index contributed by atoms with van der Waals surface area (Å²) in [5, 5.41) is 14.2. The van der Waals surface area contributed by atoms with Crippen LogP contribution >= 0.6 is 0 Å². The van der Waals surface area contributed by atoms with Crippen LogP contribution in [0.4, 0.5) is 0 Å². The van der Waals surface area contributed by atoms with E-state index in [1.165, 1.54) is 44.5 Å². The summed E-state index contributed by atoms with van der Waals surface area (Å²) in [5.41, 5.74) is 1.19. The average molecular weight is 449 g/mol. The molecule has 32 heavy (non-hydrogen) atoms. The number of benzene rings is 1. The molecule has 2 N–H and O–H groups in total. The summed E-state index contributed by atoms with van der Waals surface area (Å²) in [6, 6.07) is 6.68. The molecular formula is C25H44N4O3. The summed E-state index contributed by atoms with van der Waals surface area (Å²) in [6.07, 6.45) is 3.15. The van der Waals surface area contributed by atoms with Gasteiger partial charge >= 0.3 is 0 Å². The van der Waals surface area contributed by atoms with Crippen LogP contribution < -0.4 is 14.8 Å². The number of piperazine rings is 1. The molecule has 3 rings (SSSR count). The molecule has 2 fully saturated rings. The van der Waals surface area contributed by atoms with Gasteiger partial charge in [0.15, 0.2) is 11.5 Å². The van der Waals surface area contributed by atoms with E-state index in [2.05, 4.69) is 39.9 Å². The van der Waals surface area contributed by atoms with Crippen LogP contribution in [0, 0.1) is 0 Å². The topological polar surface area (TPSA) is 60.4 Å². The van der Waals surface area contributed by atoms with Crippen LogP contribution in [0.5, 0.6) is 11.5 Å². The lowest BCUT2D eigenvalue weighted by Gasteiger charge is -2.34. The Labute approximate surface area is 194 Å². The fourth-order valence-electron chi connectivity index (χ4n) is 4.71. The predicted octanol–water partition coefficient (Wildman–Crippen LogP) is 2.04. The third-order valence-electron chi connectivity index (χ3n) is 6.76. The Bertz CT molecular complexity index is 659. The highest BCUT2D eigenvalue weighted by atomic mass is 16.5. The molecule has 0 amide bonds. The molecule has 1 aromatic rings. The van der Waals surface area contributed by atoms with Crippen LogP contribution in [-0.2, 0) is 6.54 Å². The standard InChI is InChI=1S/C25H44N4O3/c1-4-10-28-11-8-22(9-12-28)26-18-21-6-7-24(25(17-21)31-3)32-20-23(30)19-29-15-13-27(5-2)14-16-29/h6-7,17,22-23,26,30H,4-5,8-16,18-20H2,1-3H3. The number of β-amino-alcohol motifs (C(OH)–C–C–N with tert-alkyl or cyclic N) is 1. The summed E-state index contributed by atoms with van der Waals surface area (Å²) in [5.74, 6) is 1.42. The SMILES string of the molecule is CCCN1CCC(NCc2ccc(OCC(O)CN3CCN(CC)CC3)c(OC)c2)CC1. The van der Waals surface area contributed by atoms with Crippen LogP contribution in [0.1, 0.15) is 38.7 Å². The van der Waals surface area contributed by atoms with E-state index in [9.17, 15) is 5.11 Å². The van der Waals surface area contributed by atoms with Crippen molar-refractivity contribution in [2.45, 2.75) is 51.8 Å². The van der Waals surface area contributed by atoms with Gasteiger partial charge in [-0.25, -0.2) is 0 Å². The molecule has 0 aliphatic carbocycles. The molecule has 0 radical (unpaired) electrons. The van der Waals surface area contributed by atoms with E-state index in [0.717, 1.165) is 45.0 Å². The lowest BCUT2D eigenvalue weighted by Crippen LogP contribution is -2.49. The van der Waals surface area contributed by atoms with Gasteiger partial charge in [0.1, 0.15) is 12.7 Å². The number of hydrogen-bond donors (Lipinski definition) is 2. The number of aliphatic hydroxyl groups is 1. The number of methoxy groups -OCH3 is 1. The second-order valence-corrected chi connectivity index (χ2v) is 9.18. The summed E-state index contributed by atoms with van der Waals surface area (Å²) in [7, 11) is 1.67. The van der Waals surface area contributed by atoms with Gasteiger partial charge in [0.05, 0.1) is 7.11 Å². The molecule has 0 aromatic heterocycles. The first-order valence-corrected chi connectivity index (χ1v) is 12.5. The summed E-state index contributed by atoms with van der Waals surface area (Å²) in [4.78, 5) is 7.32. The Morgan fingerprint density at radius 3 is 2.38 bits per heavy atom. The number of ether oxygens (including phenoxy) is 2. The lowest BCUT2D eigenvalue weighted by atomic mass is 10.0. The van der Waals surface area contributed by atoms with Gasteiger partial charge < -0.3 is 29.7 Å². The van der Waals surface area contributed by atoms with Gasteiger partial charge in [-0.2, -0.15) is 0 Å². The number of piperidine rings is 1. The number of nitrogens with one attached hydrogen (secondary N) is 1. The fourth-order valence-corrected chi connectivity index (χ4v) is 4.71. The quantitative estimate of drug-likeness (QED) is 0.507. The third-order valence-corrected chi connectivity index (χ3v) is 6.76. The van der Waals surface area contributed by atoms with Crippen molar-refractivity contribution in [3.8, 4) is 11.5 Å². The largest absolute Gasteiger partial charge is 0.493 e. The molecule has 0 spiro atoms. The maximum atomic E-state index is 10.5. The van der Waals surface area contributed by atoms with Gasteiger partial charge in [-0.1, -0.05) is 19.9 Å². The Morgan fingerprint density at radius 2 is 1.72 bits per heavy atom. The van der Waals surface area contributed by atoms with Crippen LogP contribution in [0.3, 0.4) is 0 Å². The van der Waals surface area contributed by atoms with Crippen LogP contribution in [0.2, 0.25) is 0 Å². The van der Waals surface area contributed by atoms with E-state index >= 15 is 0 Å². The van der Waals surface area contributed by atoms with Crippen LogP contribution in [0.25, 0.3) is 0 Å². The molecule has 7 nitrogen and oxygen atoms in total.